The summed E-state index contributed by atoms with van der Waals surface area (Å²) in [5.41, 5.74) is 6.21. The molecule has 0 radical (unpaired) electrons. The summed E-state index contributed by atoms with van der Waals surface area (Å²) in [7, 11) is 0. The van der Waals surface area contributed by atoms with Gasteiger partial charge in [-0.25, -0.2) is 8.78 Å². The maximum absolute atomic E-state index is 13.9. The Bertz CT molecular complexity index is 419. The second-order valence-corrected chi connectivity index (χ2v) is 5.36. The molecular weight excluding hydrogens is 246 g/mol. The average molecular weight is 268 g/mol. The van der Waals surface area contributed by atoms with E-state index in [2.05, 4.69) is 11.8 Å². The molecule has 106 valence electrons. The zero-order chi connectivity index (χ0) is 13.8. The van der Waals surface area contributed by atoms with Crippen LogP contribution < -0.4 is 5.73 Å². The van der Waals surface area contributed by atoms with Gasteiger partial charge in [0.15, 0.2) is 0 Å². The van der Waals surface area contributed by atoms with E-state index in [0.29, 0.717) is 18.0 Å². The monoisotopic (exact) mass is 268 g/mol. The highest BCUT2D eigenvalue weighted by molar-refractivity contribution is 5.23. The highest BCUT2D eigenvalue weighted by Gasteiger charge is 2.29. The number of nitrogens with two attached hydrogens (primary N) is 1. The lowest BCUT2D eigenvalue weighted by Crippen LogP contribution is -2.36. The lowest BCUT2D eigenvalue weighted by atomic mass is 10.0. The molecule has 0 saturated heterocycles. The SMILES string of the molecule is CCCN(CC1CC1)C(CN)c1cc(F)ccc1F. The molecule has 1 aromatic carbocycles. The average Bonchev–Trinajstić information content (AvgIpc) is 3.18. The lowest BCUT2D eigenvalue weighted by molar-refractivity contribution is 0.189. The Labute approximate surface area is 113 Å². The largest absolute Gasteiger partial charge is 0.329 e. The van der Waals surface area contributed by atoms with Crippen molar-refractivity contribution in [1.82, 2.24) is 4.90 Å². The number of halogens is 2. The molecule has 1 atom stereocenters. The van der Waals surface area contributed by atoms with Crippen LogP contribution in [0, 0.1) is 17.6 Å². The maximum Gasteiger partial charge on any atom is 0.128 e. The van der Waals surface area contributed by atoms with Crippen molar-refractivity contribution in [1.29, 1.82) is 0 Å². The Morgan fingerprint density at radius 1 is 1.37 bits per heavy atom. The molecule has 1 aliphatic rings. The van der Waals surface area contributed by atoms with Crippen LogP contribution in [0.2, 0.25) is 0 Å². The van der Waals surface area contributed by atoms with Gasteiger partial charge in [0, 0.05) is 18.7 Å². The van der Waals surface area contributed by atoms with Gasteiger partial charge in [0.2, 0.25) is 0 Å². The quantitative estimate of drug-likeness (QED) is 0.823. The van der Waals surface area contributed by atoms with E-state index in [1.54, 1.807) is 0 Å². The number of nitrogens with zero attached hydrogens (tertiary/aromatic N) is 1. The first-order chi connectivity index (χ1) is 9.15. The molecule has 1 saturated carbocycles. The van der Waals surface area contributed by atoms with Crippen molar-refractivity contribution in [2.24, 2.45) is 11.7 Å². The molecule has 1 aromatic rings. The fourth-order valence-electron chi connectivity index (χ4n) is 2.54. The minimum Gasteiger partial charge on any atom is -0.329 e. The molecule has 1 unspecified atom stereocenters. The van der Waals surface area contributed by atoms with Crippen molar-refractivity contribution in [3.8, 4) is 0 Å². The number of hydrogen-bond donors (Lipinski definition) is 1. The van der Waals surface area contributed by atoms with Crippen LogP contribution in [-0.4, -0.2) is 24.5 Å². The fraction of sp³-hybridized carbons (Fsp3) is 0.600. The first-order valence-corrected chi connectivity index (χ1v) is 7.04. The summed E-state index contributed by atoms with van der Waals surface area (Å²) in [6, 6.07) is 3.39. The second kappa shape index (κ2) is 6.44. The number of benzene rings is 1. The summed E-state index contributed by atoms with van der Waals surface area (Å²) in [6.07, 6.45) is 3.46. The molecule has 4 heteroatoms. The first-order valence-electron chi connectivity index (χ1n) is 7.04. The number of rotatable bonds is 7. The second-order valence-electron chi connectivity index (χ2n) is 5.36. The predicted molar refractivity (Wildman–Crippen MR) is 72.7 cm³/mol. The van der Waals surface area contributed by atoms with Crippen molar-refractivity contribution in [2.45, 2.75) is 32.2 Å². The summed E-state index contributed by atoms with van der Waals surface area (Å²) in [5.74, 6) is -0.0660. The van der Waals surface area contributed by atoms with Gasteiger partial charge in [-0.2, -0.15) is 0 Å². The summed E-state index contributed by atoms with van der Waals surface area (Å²) in [5, 5.41) is 0. The van der Waals surface area contributed by atoms with Gasteiger partial charge in [-0.1, -0.05) is 6.92 Å². The van der Waals surface area contributed by atoms with Crippen molar-refractivity contribution in [3.63, 3.8) is 0 Å². The molecule has 2 rings (SSSR count). The summed E-state index contributed by atoms with van der Waals surface area (Å²) < 4.78 is 27.3. The lowest BCUT2D eigenvalue weighted by Gasteiger charge is -2.31. The van der Waals surface area contributed by atoms with Gasteiger partial charge >= 0.3 is 0 Å². The van der Waals surface area contributed by atoms with Crippen LogP contribution in [0.15, 0.2) is 18.2 Å². The molecule has 2 nitrogen and oxygen atoms in total. The van der Waals surface area contributed by atoms with Crippen LogP contribution in [-0.2, 0) is 0 Å². The molecule has 0 heterocycles. The zero-order valence-corrected chi connectivity index (χ0v) is 11.4. The molecule has 1 aliphatic carbocycles. The van der Waals surface area contributed by atoms with Crippen molar-refractivity contribution >= 4 is 0 Å². The third kappa shape index (κ3) is 3.74. The minimum atomic E-state index is -0.405. The molecule has 0 amide bonds. The fourth-order valence-corrected chi connectivity index (χ4v) is 2.54. The molecular formula is C15H22F2N2. The first kappa shape index (κ1) is 14.4. The molecule has 0 aromatic heterocycles. The van der Waals surface area contributed by atoms with E-state index in [9.17, 15) is 8.78 Å². The van der Waals surface area contributed by atoms with Crippen LogP contribution in [0.4, 0.5) is 8.78 Å². The predicted octanol–water partition coefficient (Wildman–Crippen LogP) is 3.09. The third-order valence-electron chi connectivity index (χ3n) is 3.68. The smallest absolute Gasteiger partial charge is 0.128 e. The van der Waals surface area contributed by atoms with Gasteiger partial charge in [0.05, 0.1) is 6.04 Å². The summed E-state index contributed by atoms with van der Waals surface area (Å²) in [6.45, 7) is 4.21. The van der Waals surface area contributed by atoms with Gasteiger partial charge < -0.3 is 5.73 Å². The Morgan fingerprint density at radius 2 is 2.11 bits per heavy atom. The normalized spacial score (nSPS) is 16.9. The standard InChI is InChI=1S/C15H22F2N2/c1-2-7-19(10-11-3-4-11)15(9-18)13-8-12(16)5-6-14(13)17/h5-6,8,11,15H,2-4,7,9-10,18H2,1H3. The van der Waals surface area contributed by atoms with Crippen LogP contribution in [0.1, 0.15) is 37.8 Å². The highest BCUT2D eigenvalue weighted by Crippen LogP contribution is 2.33. The highest BCUT2D eigenvalue weighted by atomic mass is 19.1. The van der Waals surface area contributed by atoms with Crippen molar-refractivity contribution in [3.05, 3.63) is 35.4 Å². The van der Waals surface area contributed by atoms with Gasteiger partial charge in [0.25, 0.3) is 0 Å². The molecule has 0 bridgehead atoms. The molecule has 0 spiro atoms. The van der Waals surface area contributed by atoms with Gasteiger partial charge in [-0.15, -0.1) is 0 Å². The minimum absolute atomic E-state index is 0.226. The van der Waals surface area contributed by atoms with E-state index in [0.717, 1.165) is 25.6 Å². The van der Waals surface area contributed by atoms with Crippen LogP contribution in [0.5, 0.6) is 0 Å². The van der Waals surface area contributed by atoms with Gasteiger partial charge in [0.1, 0.15) is 11.6 Å². The van der Waals surface area contributed by atoms with E-state index in [4.69, 9.17) is 5.73 Å². The molecule has 1 fully saturated rings. The Balaban J connectivity index is 2.21. The van der Waals surface area contributed by atoms with Crippen LogP contribution in [0.25, 0.3) is 0 Å². The van der Waals surface area contributed by atoms with Crippen molar-refractivity contribution < 1.29 is 8.78 Å². The van der Waals surface area contributed by atoms with E-state index < -0.39 is 5.82 Å². The van der Waals surface area contributed by atoms with E-state index in [-0.39, 0.29) is 11.9 Å². The van der Waals surface area contributed by atoms with E-state index in [1.165, 1.54) is 25.0 Å². The zero-order valence-electron chi connectivity index (χ0n) is 11.4. The van der Waals surface area contributed by atoms with Crippen molar-refractivity contribution in [2.75, 3.05) is 19.6 Å². The Hall–Kier alpha value is -1.00. The number of hydrogen-bond acceptors (Lipinski definition) is 2. The Morgan fingerprint density at radius 3 is 2.68 bits per heavy atom. The van der Waals surface area contributed by atoms with E-state index >= 15 is 0 Å². The maximum atomic E-state index is 13.9. The topological polar surface area (TPSA) is 29.3 Å². The summed E-state index contributed by atoms with van der Waals surface area (Å²) >= 11 is 0. The summed E-state index contributed by atoms with van der Waals surface area (Å²) in [4.78, 5) is 2.20. The molecule has 2 N–H and O–H groups in total. The van der Waals surface area contributed by atoms with Gasteiger partial charge in [-0.05, 0) is 49.9 Å². The Kier molecular flexibility index (Phi) is 4.88. The molecule has 19 heavy (non-hydrogen) atoms. The third-order valence-corrected chi connectivity index (χ3v) is 3.68. The van der Waals surface area contributed by atoms with Gasteiger partial charge in [-0.3, -0.25) is 4.90 Å². The van der Waals surface area contributed by atoms with E-state index in [1.807, 2.05) is 0 Å². The van der Waals surface area contributed by atoms with Crippen LogP contribution >= 0.6 is 0 Å². The molecule has 0 aliphatic heterocycles. The van der Waals surface area contributed by atoms with Crippen LogP contribution in [0.3, 0.4) is 0 Å².